The number of amides is 1. The summed E-state index contributed by atoms with van der Waals surface area (Å²) in [5, 5.41) is 3.02. The van der Waals surface area contributed by atoms with Gasteiger partial charge in [-0.15, -0.1) is 0 Å². The molecule has 0 atom stereocenters. The molecule has 6 heteroatoms. The molecule has 3 aromatic carbocycles. The number of aromatic nitrogens is 2. The Balaban J connectivity index is 1.43. The summed E-state index contributed by atoms with van der Waals surface area (Å²) < 4.78 is 13.2. The lowest BCUT2D eigenvalue weighted by Gasteiger charge is -2.12. The van der Waals surface area contributed by atoms with Crippen LogP contribution in [0.25, 0.3) is 11.0 Å². The van der Waals surface area contributed by atoms with E-state index in [0.29, 0.717) is 18.8 Å². The highest BCUT2D eigenvalue weighted by molar-refractivity contribution is 5.81. The Kier molecular flexibility index (Phi) is 6.70. The van der Waals surface area contributed by atoms with Crippen molar-refractivity contribution in [3.63, 3.8) is 0 Å². The smallest absolute Gasteiger partial charge is 0.240 e. The SMILES string of the molecule is COc1ccc(C)cc1CCNC(=O)Cn1c(COc2ccccc2)nc2ccccc21. The van der Waals surface area contributed by atoms with Gasteiger partial charge in [-0.1, -0.05) is 48.0 Å². The van der Waals surface area contributed by atoms with E-state index in [0.717, 1.165) is 28.1 Å². The number of carbonyl (C=O) groups is 1. The first-order chi connectivity index (χ1) is 15.6. The van der Waals surface area contributed by atoms with Gasteiger partial charge in [0.2, 0.25) is 5.91 Å². The van der Waals surface area contributed by atoms with Crippen molar-refractivity contribution in [3.05, 3.63) is 89.7 Å². The van der Waals surface area contributed by atoms with Gasteiger partial charge in [-0.25, -0.2) is 4.98 Å². The summed E-state index contributed by atoms with van der Waals surface area (Å²) >= 11 is 0. The third-order valence-corrected chi connectivity index (χ3v) is 5.30. The van der Waals surface area contributed by atoms with Crippen molar-refractivity contribution in [2.45, 2.75) is 26.5 Å². The van der Waals surface area contributed by atoms with Crippen LogP contribution in [0, 0.1) is 6.92 Å². The minimum atomic E-state index is -0.0688. The summed E-state index contributed by atoms with van der Waals surface area (Å²) in [6.45, 7) is 3.04. The van der Waals surface area contributed by atoms with E-state index in [1.54, 1.807) is 7.11 Å². The number of methoxy groups -OCH3 is 1. The number of ether oxygens (including phenoxy) is 2. The molecule has 0 aliphatic heterocycles. The van der Waals surface area contributed by atoms with Gasteiger partial charge < -0.3 is 19.4 Å². The van der Waals surface area contributed by atoms with Crippen LogP contribution >= 0.6 is 0 Å². The van der Waals surface area contributed by atoms with Crippen molar-refractivity contribution < 1.29 is 14.3 Å². The van der Waals surface area contributed by atoms with Crippen LogP contribution in [-0.2, 0) is 24.4 Å². The van der Waals surface area contributed by atoms with Gasteiger partial charge in [0.15, 0.2) is 0 Å². The van der Waals surface area contributed by atoms with Gasteiger partial charge >= 0.3 is 0 Å². The zero-order valence-corrected chi connectivity index (χ0v) is 18.4. The Morgan fingerprint density at radius 3 is 2.62 bits per heavy atom. The van der Waals surface area contributed by atoms with Gasteiger partial charge in [0.05, 0.1) is 18.1 Å². The molecule has 0 spiro atoms. The Morgan fingerprint density at radius 1 is 1.03 bits per heavy atom. The summed E-state index contributed by atoms with van der Waals surface area (Å²) in [5.74, 6) is 2.25. The molecule has 0 unspecified atom stereocenters. The number of fused-ring (bicyclic) bond motifs is 1. The minimum absolute atomic E-state index is 0.0688. The normalized spacial score (nSPS) is 10.8. The molecule has 1 aromatic heterocycles. The fourth-order valence-electron chi connectivity index (χ4n) is 3.72. The number of para-hydroxylation sites is 3. The third-order valence-electron chi connectivity index (χ3n) is 5.30. The van der Waals surface area contributed by atoms with Crippen LogP contribution in [0.15, 0.2) is 72.8 Å². The lowest BCUT2D eigenvalue weighted by atomic mass is 10.1. The first kappa shape index (κ1) is 21.4. The molecule has 164 valence electrons. The lowest BCUT2D eigenvalue weighted by molar-refractivity contribution is -0.121. The van der Waals surface area contributed by atoms with Crippen LogP contribution < -0.4 is 14.8 Å². The molecule has 1 amide bonds. The summed E-state index contributed by atoms with van der Waals surface area (Å²) in [6, 6.07) is 23.5. The van der Waals surface area contributed by atoms with Crippen LogP contribution in [-0.4, -0.2) is 29.1 Å². The number of imidazole rings is 1. The number of hydrogen-bond donors (Lipinski definition) is 1. The Morgan fingerprint density at radius 2 is 1.81 bits per heavy atom. The number of hydrogen-bond acceptors (Lipinski definition) is 4. The van der Waals surface area contributed by atoms with Crippen molar-refractivity contribution in [2.24, 2.45) is 0 Å². The number of carbonyl (C=O) groups excluding carboxylic acids is 1. The predicted molar refractivity (Wildman–Crippen MR) is 125 cm³/mol. The topological polar surface area (TPSA) is 65.4 Å². The number of nitrogens with zero attached hydrogens (tertiary/aromatic N) is 2. The van der Waals surface area contributed by atoms with Crippen molar-refractivity contribution in [1.82, 2.24) is 14.9 Å². The molecule has 0 radical (unpaired) electrons. The van der Waals surface area contributed by atoms with E-state index in [2.05, 4.69) is 16.4 Å². The summed E-state index contributed by atoms with van der Waals surface area (Å²) in [4.78, 5) is 17.4. The second kappa shape index (κ2) is 10.0. The van der Waals surface area contributed by atoms with Gasteiger partial charge in [0.25, 0.3) is 0 Å². The molecule has 0 saturated heterocycles. The van der Waals surface area contributed by atoms with Crippen molar-refractivity contribution >= 4 is 16.9 Å². The molecule has 1 heterocycles. The van der Waals surface area contributed by atoms with Gasteiger partial charge in [0, 0.05) is 6.54 Å². The molecule has 6 nitrogen and oxygen atoms in total. The lowest BCUT2D eigenvalue weighted by Crippen LogP contribution is -2.30. The maximum absolute atomic E-state index is 12.8. The summed E-state index contributed by atoms with van der Waals surface area (Å²) in [5.41, 5.74) is 4.00. The van der Waals surface area contributed by atoms with Crippen LogP contribution in [0.4, 0.5) is 0 Å². The molecule has 0 aliphatic rings. The van der Waals surface area contributed by atoms with Gasteiger partial charge in [-0.2, -0.15) is 0 Å². The van der Waals surface area contributed by atoms with E-state index in [1.807, 2.05) is 78.2 Å². The number of nitrogens with one attached hydrogen (secondary N) is 1. The maximum Gasteiger partial charge on any atom is 0.240 e. The molecule has 0 bridgehead atoms. The average molecular weight is 430 g/mol. The minimum Gasteiger partial charge on any atom is -0.496 e. The molecule has 4 aromatic rings. The molecule has 0 saturated carbocycles. The van der Waals surface area contributed by atoms with E-state index in [-0.39, 0.29) is 19.1 Å². The van der Waals surface area contributed by atoms with E-state index in [4.69, 9.17) is 9.47 Å². The fourth-order valence-corrected chi connectivity index (χ4v) is 3.72. The Labute approximate surface area is 187 Å². The third kappa shape index (κ3) is 5.09. The number of rotatable bonds is 9. The van der Waals surface area contributed by atoms with E-state index in [1.165, 1.54) is 5.56 Å². The zero-order valence-electron chi connectivity index (χ0n) is 18.4. The molecule has 1 N–H and O–H groups in total. The second-order valence-electron chi connectivity index (χ2n) is 7.62. The van der Waals surface area contributed by atoms with E-state index in [9.17, 15) is 4.79 Å². The highest BCUT2D eigenvalue weighted by atomic mass is 16.5. The summed E-state index contributed by atoms with van der Waals surface area (Å²) in [6.07, 6.45) is 0.700. The molecule has 32 heavy (non-hydrogen) atoms. The number of benzene rings is 3. The zero-order chi connectivity index (χ0) is 22.3. The monoisotopic (exact) mass is 429 g/mol. The molecule has 0 aliphatic carbocycles. The first-order valence-corrected chi connectivity index (χ1v) is 10.7. The molecule has 4 rings (SSSR count). The predicted octanol–water partition coefficient (Wildman–Crippen LogP) is 4.29. The second-order valence-corrected chi connectivity index (χ2v) is 7.62. The molecular weight excluding hydrogens is 402 g/mol. The Hall–Kier alpha value is -3.80. The van der Waals surface area contributed by atoms with Crippen LogP contribution in [0.1, 0.15) is 17.0 Å². The van der Waals surface area contributed by atoms with E-state index < -0.39 is 0 Å². The highest BCUT2D eigenvalue weighted by Crippen LogP contribution is 2.20. The van der Waals surface area contributed by atoms with Crippen molar-refractivity contribution in [3.8, 4) is 11.5 Å². The largest absolute Gasteiger partial charge is 0.496 e. The first-order valence-electron chi connectivity index (χ1n) is 10.7. The van der Waals surface area contributed by atoms with Crippen molar-refractivity contribution in [1.29, 1.82) is 0 Å². The molecule has 0 fully saturated rings. The molecular formula is C26H27N3O3. The van der Waals surface area contributed by atoms with Gasteiger partial charge in [-0.3, -0.25) is 4.79 Å². The van der Waals surface area contributed by atoms with Crippen LogP contribution in [0.2, 0.25) is 0 Å². The average Bonchev–Trinajstić information content (AvgIpc) is 3.16. The fraction of sp³-hybridized carbons (Fsp3) is 0.231. The summed E-state index contributed by atoms with van der Waals surface area (Å²) in [7, 11) is 1.66. The van der Waals surface area contributed by atoms with Gasteiger partial charge in [0.1, 0.15) is 30.5 Å². The van der Waals surface area contributed by atoms with Crippen molar-refractivity contribution in [2.75, 3.05) is 13.7 Å². The van der Waals surface area contributed by atoms with Crippen LogP contribution in [0.5, 0.6) is 11.5 Å². The highest BCUT2D eigenvalue weighted by Gasteiger charge is 2.14. The quantitative estimate of drug-likeness (QED) is 0.431. The maximum atomic E-state index is 12.8. The Bertz CT molecular complexity index is 1200. The van der Waals surface area contributed by atoms with Crippen LogP contribution in [0.3, 0.4) is 0 Å². The number of aryl methyl sites for hydroxylation is 1. The van der Waals surface area contributed by atoms with E-state index >= 15 is 0 Å². The van der Waals surface area contributed by atoms with Gasteiger partial charge in [-0.05, 0) is 49.2 Å². The standard InChI is InChI=1S/C26H27N3O3/c1-19-12-13-24(31-2)20(16-19)14-15-27-26(30)17-29-23-11-7-6-10-22(23)28-25(29)18-32-21-8-4-3-5-9-21/h3-13,16H,14-15,17-18H2,1-2H3,(H,27,30).